The maximum Gasteiger partial charge on any atom is 0.0869 e. The second-order valence-electron chi connectivity index (χ2n) is 5.32. The molecular weight excluding hydrogens is 198 g/mol. The van der Waals surface area contributed by atoms with Crippen LogP contribution in [0.3, 0.4) is 0 Å². The molecule has 1 atom stereocenters. The van der Waals surface area contributed by atoms with E-state index >= 15 is 0 Å². The molecule has 0 radical (unpaired) electrons. The highest BCUT2D eigenvalue weighted by atomic mass is 16.3. The zero-order valence-electron chi connectivity index (χ0n) is 10.3. The first kappa shape index (κ1) is 12.1. The minimum Gasteiger partial charge on any atom is -0.385 e. The summed E-state index contributed by atoms with van der Waals surface area (Å²) in [5, 5.41) is 14.2. The Labute approximate surface area is 99.1 Å². The zero-order valence-corrected chi connectivity index (χ0v) is 10.3. The topological polar surface area (TPSA) is 32.3 Å². The number of allylic oxidation sites excluding steroid dienone is 1. The molecule has 1 heterocycles. The van der Waals surface area contributed by atoms with Crippen LogP contribution in [0.2, 0.25) is 0 Å². The molecule has 0 aromatic heterocycles. The third kappa shape index (κ3) is 3.08. The molecule has 0 amide bonds. The van der Waals surface area contributed by atoms with Crippen LogP contribution >= 0.6 is 0 Å². The lowest BCUT2D eigenvalue weighted by molar-refractivity contribution is 0.0611. The Morgan fingerprint density at radius 2 is 1.88 bits per heavy atom. The molecule has 0 bridgehead atoms. The number of hydrogen-bond donors (Lipinski definition) is 2. The monoisotopic (exact) mass is 223 g/mol. The lowest BCUT2D eigenvalue weighted by Crippen LogP contribution is -2.32. The van der Waals surface area contributed by atoms with Gasteiger partial charge in [-0.1, -0.05) is 18.9 Å². The molecule has 2 aliphatic rings. The molecule has 1 fully saturated rings. The molecule has 1 aliphatic heterocycles. The van der Waals surface area contributed by atoms with E-state index in [0.717, 1.165) is 38.8 Å². The fourth-order valence-electron chi connectivity index (χ4n) is 2.99. The average Bonchev–Trinajstić information content (AvgIpc) is 2.43. The predicted molar refractivity (Wildman–Crippen MR) is 67.5 cm³/mol. The van der Waals surface area contributed by atoms with Crippen molar-refractivity contribution in [2.45, 2.75) is 63.4 Å². The molecule has 16 heavy (non-hydrogen) atoms. The van der Waals surface area contributed by atoms with Gasteiger partial charge in [0.15, 0.2) is 0 Å². The summed E-state index contributed by atoms with van der Waals surface area (Å²) in [6, 6.07) is 0. The summed E-state index contributed by atoms with van der Waals surface area (Å²) in [5.41, 5.74) is 0.858. The SMILES string of the molecule is OC1(C2=CCCCCCC2)CCCNCC1. The lowest BCUT2D eigenvalue weighted by atomic mass is 9.82. The first-order valence-corrected chi connectivity index (χ1v) is 6.94. The highest BCUT2D eigenvalue weighted by Crippen LogP contribution is 2.33. The van der Waals surface area contributed by atoms with Crippen molar-refractivity contribution in [1.82, 2.24) is 5.32 Å². The maximum absolute atomic E-state index is 10.8. The third-order valence-electron chi connectivity index (χ3n) is 4.05. The molecule has 1 saturated heterocycles. The molecular formula is C14H25NO. The Morgan fingerprint density at radius 1 is 1.00 bits per heavy atom. The van der Waals surface area contributed by atoms with E-state index in [0.29, 0.717) is 0 Å². The Bertz CT molecular complexity index is 239. The highest BCUT2D eigenvalue weighted by molar-refractivity contribution is 5.18. The first-order valence-electron chi connectivity index (χ1n) is 6.94. The van der Waals surface area contributed by atoms with E-state index in [-0.39, 0.29) is 0 Å². The van der Waals surface area contributed by atoms with Crippen molar-refractivity contribution in [3.05, 3.63) is 11.6 Å². The third-order valence-corrected chi connectivity index (χ3v) is 4.05. The van der Waals surface area contributed by atoms with Crippen LogP contribution in [-0.2, 0) is 0 Å². The molecule has 0 spiro atoms. The van der Waals surface area contributed by atoms with Gasteiger partial charge in [-0.05, 0) is 63.6 Å². The quantitative estimate of drug-likeness (QED) is 0.670. The number of aliphatic hydroxyl groups is 1. The fourth-order valence-corrected chi connectivity index (χ4v) is 2.99. The second-order valence-corrected chi connectivity index (χ2v) is 5.32. The van der Waals surface area contributed by atoms with Gasteiger partial charge in [0.05, 0.1) is 5.60 Å². The lowest BCUT2D eigenvalue weighted by Gasteiger charge is -2.30. The highest BCUT2D eigenvalue weighted by Gasteiger charge is 2.31. The van der Waals surface area contributed by atoms with Crippen LogP contribution in [0.15, 0.2) is 11.6 Å². The van der Waals surface area contributed by atoms with E-state index in [2.05, 4.69) is 11.4 Å². The van der Waals surface area contributed by atoms with Gasteiger partial charge in [0, 0.05) is 0 Å². The Morgan fingerprint density at radius 3 is 2.81 bits per heavy atom. The Hall–Kier alpha value is -0.340. The van der Waals surface area contributed by atoms with Gasteiger partial charge in [0.2, 0.25) is 0 Å². The van der Waals surface area contributed by atoms with Crippen molar-refractivity contribution in [3.63, 3.8) is 0 Å². The van der Waals surface area contributed by atoms with Crippen molar-refractivity contribution >= 4 is 0 Å². The van der Waals surface area contributed by atoms with Gasteiger partial charge in [-0.25, -0.2) is 0 Å². The fraction of sp³-hybridized carbons (Fsp3) is 0.857. The summed E-state index contributed by atoms with van der Waals surface area (Å²) < 4.78 is 0. The minimum absolute atomic E-state index is 0.485. The molecule has 0 aromatic rings. The number of rotatable bonds is 1. The summed E-state index contributed by atoms with van der Waals surface area (Å²) in [6.45, 7) is 2.03. The van der Waals surface area contributed by atoms with Crippen molar-refractivity contribution in [3.8, 4) is 0 Å². The first-order chi connectivity index (χ1) is 7.81. The summed E-state index contributed by atoms with van der Waals surface area (Å²) in [6.07, 6.45) is 12.9. The van der Waals surface area contributed by atoms with E-state index < -0.39 is 5.60 Å². The standard InChI is InChI=1S/C14H25NO/c16-14(9-6-11-15-12-10-14)13-7-4-2-1-3-5-8-13/h7,15-16H,1-6,8-12H2. The molecule has 1 aliphatic carbocycles. The molecule has 2 heteroatoms. The van der Waals surface area contributed by atoms with E-state index in [1.807, 2.05) is 0 Å². The van der Waals surface area contributed by atoms with Crippen LogP contribution in [0.1, 0.15) is 57.8 Å². The molecule has 0 aromatic carbocycles. The van der Waals surface area contributed by atoms with Gasteiger partial charge in [-0.15, -0.1) is 0 Å². The van der Waals surface area contributed by atoms with Crippen molar-refractivity contribution in [2.24, 2.45) is 0 Å². The molecule has 1 unspecified atom stereocenters. The van der Waals surface area contributed by atoms with Crippen molar-refractivity contribution < 1.29 is 5.11 Å². The van der Waals surface area contributed by atoms with Crippen LogP contribution in [0, 0.1) is 0 Å². The van der Waals surface area contributed by atoms with E-state index in [1.165, 1.54) is 37.7 Å². The van der Waals surface area contributed by atoms with Gasteiger partial charge in [-0.2, -0.15) is 0 Å². The van der Waals surface area contributed by atoms with Crippen molar-refractivity contribution in [2.75, 3.05) is 13.1 Å². The molecule has 2 N–H and O–H groups in total. The maximum atomic E-state index is 10.8. The van der Waals surface area contributed by atoms with Gasteiger partial charge in [0.1, 0.15) is 0 Å². The van der Waals surface area contributed by atoms with Gasteiger partial charge in [-0.3, -0.25) is 0 Å². The zero-order chi connectivity index (χ0) is 11.3. The number of nitrogens with one attached hydrogen (secondary N) is 1. The van der Waals surface area contributed by atoms with Crippen molar-refractivity contribution in [1.29, 1.82) is 0 Å². The Balaban J connectivity index is 2.06. The summed E-state index contributed by atoms with van der Waals surface area (Å²) in [5.74, 6) is 0. The molecule has 0 saturated carbocycles. The second kappa shape index (κ2) is 5.83. The van der Waals surface area contributed by atoms with Crippen LogP contribution in [0.5, 0.6) is 0 Å². The largest absolute Gasteiger partial charge is 0.385 e. The van der Waals surface area contributed by atoms with E-state index in [4.69, 9.17) is 0 Å². The van der Waals surface area contributed by atoms with E-state index in [1.54, 1.807) is 0 Å². The predicted octanol–water partition coefficient (Wildman–Crippen LogP) is 2.77. The van der Waals surface area contributed by atoms with E-state index in [9.17, 15) is 5.11 Å². The normalized spacial score (nSPS) is 33.4. The Kier molecular flexibility index (Phi) is 4.42. The smallest absolute Gasteiger partial charge is 0.0869 e. The summed E-state index contributed by atoms with van der Waals surface area (Å²) in [7, 11) is 0. The van der Waals surface area contributed by atoms with Crippen LogP contribution < -0.4 is 5.32 Å². The molecule has 2 nitrogen and oxygen atoms in total. The number of hydrogen-bond acceptors (Lipinski definition) is 2. The molecule has 2 rings (SSSR count). The van der Waals surface area contributed by atoms with Gasteiger partial charge >= 0.3 is 0 Å². The van der Waals surface area contributed by atoms with Gasteiger partial charge in [0.25, 0.3) is 0 Å². The summed E-state index contributed by atoms with van der Waals surface area (Å²) >= 11 is 0. The molecule has 92 valence electrons. The summed E-state index contributed by atoms with van der Waals surface area (Å²) in [4.78, 5) is 0. The van der Waals surface area contributed by atoms with Gasteiger partial charge < -0.3 is 10.4 Å². The van der Waals surface area contributed by atoms with Crippen LogP contribution in [0.4, 0.5) is 0 Å². The average molecular weight is 223 g/mol. The minimum atomic E-state index is -0.485. The van der Waals surface area contributed by atoms with Crippen LogP contribution in [0.25, 0.3) is 0 Å². The van der Waals surface area contributed by atoms with Crippen LogP contribution in [-0.4, -0.2) is 23.8 Å².